The predicted octanol–water partition coefficient (Wildman–Crippen LogP) is 2.39. The Bertz CT molecular complexity index is 521. The molecule has 0 aliphatic rings. The van der Waals surface area contributed by atoms with Gasteiger partial charge >= 0.3 is 0 Å². The minimum absolute atomic E-state index is 0.0135. The second-order valence-electron chi connectivity index (χ2n) is 5.38. The van der Waals surface area contributed by atoms with Gasteiger partial charge in [-0.2, -0.15) is 0 Å². The third kappa shape index (κ3) is 5.65. The van der Waals surface area contributed by atoms with E-state index in [0.29, 0.717) is 5.76 Å². The Morgan fingerprint density at radius 2 is 2.05 bits per heavy atom. The van der Waals surface area contributed by atoms with Gasteiger partial charge in [-0.3, -0.25) is 20.2 Å². The number of aliphatic hydroxyl groups excluding tert-OH is 1. The molecule has 0 spiro atoms. The highest BCUT2D eigenvalue weighted by atomic mass is 16.6. The van der Waals surface area contributed by atoms with Crippen LogP contribution in [0.4, 0.5) is 0 Å². The van der Waals surface area contributed by atoms with E-state index in [1.54, 1.807) is 18.2 Å². The number of hydrogen-bond donors (Lipinski definition) is 1. The summed E-state index contributed by atoms with van der Waals surface area (Å²) in [4.78, 5) is 20.7. The maximum absolute atomic E-state index is 11.4. The summed E-state index contributed by atoms with van der Waals surface area (Å²) in [6.07, 6.45) is 2.00. The molecule has 0 saturated carbocycles. The minimum atomic E-state index is -1.19. The summed E-state index contributed by atoms with van der Waals surface area (Å²) in [7, 11) is 0. The van der Waals surface area contributed by atoms with E-state index in [1.165, 1.54) is 6.26 Å². The minimum Gasteiger partial charge on any atom is -0.468 e. The molecule has 0 aliphatic carbocycles. The van der Waals surface area contributed by atoms with Crippen molar-refractivity contribution in [2.24, 2.45) is 0 Å². The largest absolute Gasteiger partial charge is 0.468 e. The molecule has 22 heavy (non-hydrogen) atoms. The zero-order valence-corrected chi connectivity index (χ0v) is 12.5. The van der Waals surface area contributed by atoms with Crippen LogP contribution in [0.2, 0.25) is 0 Å². The average Bonchev–Trinajstić information content (AvgIpc) is 2.89. The first-order valence-corrected chi connectivity index (χ1v) is 6.93. The van der Waals surface area contributed by atoms with Crippen LogP contribution >= 0.6 is 0 Å². The van der Waals surface area contributed by atoms with Crippen LogP contribution in [0.3, 0.4) is 0 Å². The summed E-state index contributed by atoms with van der Waals surface area (Å²) in [6, 6.07) is 2.30. The van der Waals surface area contributed by atoms with E-state index in [2.05, 4.69) is 0 Å². The Balaban J connectivity index is 2.88. The van der Waals surface area contributed by atoms with E-state index in [9.17, 15) is 25.3 Å². The smallest absolute Gasteiger partial charge is 0.229 e. The predicted molar refractivity (Wildman–Crippen MR) is 78.8 cm³/mol. The summed E-state index contributed by atoms with van der Waals surface area (Å²) >= 11 is 0. The van der Waals surface area contributed by atoms with Crippen molar-refractivity contribution < 1.29 is 19.4 Å². The van der Waals surface area contributed by atoms with Gasteiger partial charge in [-0.15, -0.1) is 0 Å². The molecule has 122 valence electrons. The molecule has 0 amide bonds. The fraction of sp³-hybridized carbons (Fsp3) is 0.571. The van der Waals surface area contributed by atoms with Gasteiger partial charge in [-0.1, -0.05) is 11.6 Å². The zero-order chi connectivity index (χ0) is 16.7. The lowest BCUT2D eigenvalue weighted by molar-refractivity contribution is -0.527. The van der Waals surface area contributed by atoms with Gasteiger partial charge in [0.1, 0.15) is 17.8 Å². The van der Waals surface area contributed by atoms with Gasteiger partial charge in [0.25, 0.3) is 0 Å². The molecule has 3 atom stereocenters. The summed E-state index contributed by atoms with van der Waals surface area (Å²) < 4.78 is 5.28. The summed E-state index contributed by atoms with van der Waals surface area (Å²) in [5.74, 6) is -0.107. The Kier molecular flexibility index (Phi) is 6.71. The van der Waals surface area contributed by atoms with Gasteiger partial charge < -0.3 is 9.52 Å². The summed E-state index contributed by atoms with van der Waals surface area (Å²) in [6.45, 7) is 3.04. The molecule has 0 fully saturated rings. The van der Waals surface area contributed by atoms with Crippen molar-refractivity contribution in [1.29, 1.82) is 0 Å². The highest BCUT2D eigenvalue weighted by molar-refractivity contribution is 5.17. The molecular formula is C14H20N2O6. The number of nitro groups is 2. The maximum Gasteiger partial charge on any atom is 0.229 e. The normalized spacial score (nSPS) is 14.9. The third-order valence-corrected chi connectivity index (χ3v) is 3.23. The first-order valence-electron chi connectivity index (χ1n) is 6.93. The molecule has 0 aromatic carbocycles. The third-order valence-electron chi connectivity index (χ3n) is 3.23. The highest BCUT2D eigenvalue weighted by Gasteiger charge is 2.33. The molecule has 1 aromatic heterocycles. The molecular weight excluding hydrogens is 292 g/mol. The molecule has 1 heterocycles. The van der Waals surface area contributed by atoms with Crippen molar-refractivity contribution in [1.82, 2.24) is 0 Å². The first kappa shape index (κ1) is 17.8. The number of hydrogen-bond acceptors (Lipinski definition) is 6. The SMILES string of the molecule is CC(C)=CC(c1ccco1)C(CCC(O)C[N+](=O)[O-])[N+](=O)[O-]. The molecule has 0 bridgehead atoms. The molecule has 3 unspecified atom stereocenters. The van der Waals surface area contributed by atoms with Gasteiger partial charge in [-0.05, 0) is 32.4 Å². The second kappa shape index (κ2) is 8.28. The van der Waals surface area contributed by atoms with E-state index in [-0.39, 0.29) is 12.8 Å². The van der Waals surface area contributed by atoms with Crippen LogP contribution in [0, 0.1) is 20.2 Å². The topological polar surface area (TPSA) is 120 Å². The number of aliphatic hydroxyl groups is 1. The molecule has 1 aromatic rings. The molecule has 1 N–H and O–H groups in total. The van der Waals surface area contributed by atoms with E-state index in [1.807, 2.05) is 13.8 Å². The second-order valence-corrected chi connectivity index (χ2v) is 5.38. The monoisotopic (exact) mass is 312 g/mol. The molecule has 0 saturated heterocycles. The van der Waals surface area contributed by atoms with Crippen molar-refractivity contribution in [3.63, 3.8) is 0 Å². The van der Waals surface area contributed by atoms with Crippen LogP contribution in [0.15, 0.2) is 34.5 Å². The number of nitrogens with zero attached hydrogens (tertiary/aromatic N) is 2. The zero-order valence-electron chi connectivity index (χ0n) is 12.5. The van der Waals surface area contributed by atoms with E-state index < -0.39 is 34.5 Å². The van der Waals surface area contributed by atoms with Crippen LogP contribution in [-0.4, -0.2) is 33.6 Å². The summed E-state index contributed by atoms with van der Waals surface area (Å²) in [5, 5.41) is 31.3. The standard InChI is InChI=1S/C14H20N2O6/c1-10(2)8-12(14-4-3-7-22-14)13(16(20)21)6-5-11(17)9-15(18)19/h3-4,7-8,11-13,17H,5-6,9H2,1-2H3. The Labute approximate surface area is 127 Å². The number of rotatable bonds is 9. The fourth-order valence-electron chi connectivity index (χ4n) is 2.27. The van der Waals surface area contributed by atoms with Crippen molar-refractivity contribution >= 4 is 0 Å². The van der Waals surface area contributed by atoms with Crippen molar-refractivity contribution in [2.75, 3.05) is 6.54 Å². The molecule has 0 radical (unpaired) electrons. The van der Waals surface area contributed by atoms with Gasteiger partial charge in [-0.25, -0.2) is 0 Å². The lowest BCUT2D eigenvalue weighted by Crippen LogP contribution is -2.29. The van der Waals surface area contributed by atoms with E-state index in [4.69, 9.17) is 4.42 Å². The first-order chi connectivity index (χ1) is 10.3. The lowest BCUT2D eigenvalue weighted by atomic mass is 9.91. The average molecular weight is 312 g/mol. The van der Waals surface area contributed by atoms with Gasteiger partial charge in [0.05, 0.1) is 6.26 Å². The van der Waals surface area contributed by atoms with E-state index >= 15 is 0 Å². The summed E-state index contributed by atoms with van der Waals surface area (Å²) in [5.41, 5.74) is 0.902. The Hall–Kier alpha value is -2.22. The quantitative estimate of drug-likeness (QED) is 0.424. The van der Waals surface area contributed by atoms with Crippen LogP contribution in [-0.2, 0) is 0 Å². The van der Waals surface area contributed by atoms with E-state index in [0.717, 1.165) is 5.57 Å². The Morgan fingerprint density at radius 3 is 2.50 bits per heavy atom. The number of allylic oxidation sites excluding steroid dienone is 1. The lowest BCUT2D eigenvalue weighted by Gasteiger charge is -2.17. The fourth-order valence-corrected chi connectivity index (χ4v) is 2.27. The Morgan fingerprint density at radius 1 is 1.36 bits per heavy atom. The molecule has 0 aliphatic heterocycles. The van der Waals surface area contributed by atoms with Crippen molar-refractivity contribution in [3.8, 4) is 0 Å². The van der Waals surface area contributed by atoms with Crippen LogP contribution in [0.5, 0.6) is 0 Å². The van der Waals surface area contributed by atoms with Crippen molar-refractivity contribution in [2.45, 2.75) is 44.8 Å². The highest BCUT2D eigenvalue weighted by Crippen LogP contribution is 2.28. The van der Waals surface area contributed by atoms with Crippen LogP contribution < -0.4 is 0 Å². The van der Waals surface area contributed by atoms with Gasteiger partial charge in [0.15, 0.2) is 0 Å². The van der Waals surface area contributed by atoms with Gasteiger partial charge in [0, 0.05) is 16.3 Å². The number of furan rings is 1. The van der Waals surface area contributed by atoms with Crippen molar-refractivity contribution in [3.05, 3.63) is 56.0 Å². The molecule has 1 rings (SSSR count). The maximum atomic E-state index is 11.4. The van der Waals surface area contributed by atoms with Crippen LogP contribution in [0.1, 0.15) is 38.4 Å². The van der Waals surface area contributed by atoms with Gasteiger partial charge in [0.2, 0.25) is 12.6 Å². The molecule has 8 nitrogen and oxygen atoms in total. The molecule has 8 heteroatoms. The van der Waals surface area contributed by atoms with Crippen LogP contribution in [0.25, 0.3) is 0 Å².